The third-order valence-electron chi connectivity index (χ3n) is 1.87. The van der Waals surface area contributed by atoms with E-state index in [-0.39, 0.29) is 11.4 Å². The summed E-state index contributed by atoms with van der Waals surface area (Å²) in [5.41, 5.74) is 0. The van der Waals surface area contributed by atoms with Crippen molar-refractivity contribution in [3.8, 4) is 0 Å². The lowest BCUT2D eigenvalue weighted by Crippen LogP contribution is -2.39. The van der Waals surface area contributed by atoms with E-state index in [1.54, 1.807) is 0 Å². The van der Waals surface area contributed by atoms with E-state index in [1.807, 2.05) is 0 Å². The zero-order valence-corrected chi connectivity index (χ0v) is 14.3. The molecular formula is C9H7Br3F3NOS. The Bertz CT molecular complexity index is 416. The standard InChI is InChI=1S/C9H7Br3F3NOS/c10-1-2-16(4-9(13,14)15)8(17)6-3-5(11)7(12)18-6/h3H,1-2,4H2. The fourth-order valence-corrected chi connectivity index (χ4v) is 3.61. The number of hydrogen-bond acceptors (Lipinski definition) is 2. The number of alkyl halides is 4. The molecule has 0 aliphatic heterocycles. The number of carbonyl (C=O) groups is 1. The molecule has 0 fully saturated rings. The summed E-state index contributed by atoms with van der Waals surface area (Å²) < 4.78 is 38.4. The van der Waals surface area contributed by atoms with Crippen molar-refractivity contribution in [2.24, 2.45) is 0 Å². The van der Waals surface area contributed by atoms with Crippen LogP contribution in [0.2, 0.25) is 0 Å². The molecule has 0 spiro atoms. The van der Waals surface area contributed by atoms with Gasteiger partial charge in [-0.15, -0.1) is 11.3 Å². The highest BCUT2D eigenvalue weighted by Gasteiger charge is 2.33. The first-order valence-electron chi connectivity index (χ1n) is 4.61. The van der Waals surface area contributed by atoms with Crippen LogP contribution in [0.25, 0.3) is 0 Å². The molecule has 9 heteroatoms. The minimum Gasteiger partial charge on any atom is -0.328 e. The van der Waals surface area contributed by atoms with Crippen LogP contribution in [0.1, 0.15) is 9.67 Å². The van der Waals surface area contributed by atoms with Gasteiger partial charge in [-0.25, -0.2) is 0 Å². The lowest BCUT2D eigenvalue weighted by Gasteiger charge is -2.22. The largest absolute Gasteiger partial charge is 0.406 e. The molecule has 1 aromatic heterocycles. The summed E-state index contributed by atoms with van der Waals surface area (Å²) in [6, 6.07) is 1.51. The highest BCUT2D eigenvalue weighted by Crippen LogP contribution is 2.33. The van der Waals surface area contributed by atoms with E-state index in [1.165, 1.54) is 6.07 Å². The second-order valence-electron chi connectivity index (χ2n) is 3.26. The second-order valence-corrected chi connectivity index (χ2v) is 7.28. The van der Waals surface area contributed by atoms with E-state index in [4.69, 9.17) is 0 Å². The lowest BCUT2D eigenvalue weighted by atomic mass is 10.3. The molecule has 0 aromatic carbocycles. The van der Waals surface area contributed by atoms with Gasteiger partial charge in [0.1, 0.15) is 6.54 Å². The van der Waals surface area contributed by atoms with Crippen molar-refractivity contribution in [2.75, 3.05) is 18.4 Å². The van der Waals surface area contributed by atoms with Crippen LogP contribution < -0.4 is 0 Å². The second kappa shape index (κ2) is 6.71. The predicted molar refractivity (Wildman–Crippen MR) is 75.5 cm³/mol. The highest BCUT2D eigenvalue weighted by atomic mass is 79.9. The van der Waals surface area contributed by atoms with Crippen molar-refractivity contribution in [1.82, 2.24) is 4.90 Å². The van der Waals surface area contributed by atoms with Gasteiger partial charge in [-0.3, -0.25) is 4.79 Å². The zero-order chi connectivity index (χ0) is 13.9. The Morgan fingerprint density at radius 2 is 2.00 bits per heavy atom. The summed E-state index contributed by atoms with van der Waals surface area (Å²) in [5, 5.41) is 0.294. The summed E-state index contributed by atoms with van der Waals surface area (Å²) in [4.78, 5) is 13.0. The summed E-state index contributed by atoms with van der Waals surface area (Å²) in [5.74, 6) is -0.622. The normalized spacial score (nSPS) is 11.7. The zero-order valence-electron chi connectivity index (χ0n) is 8.73. The third-order valence-corrected chi connectivity index (χ3v) is 5.47. The van der Waals surface area contributed by atoms with Crippen LogP contribution in [0.15, 0.2) is 14.3 Å². The van der Waals surface area contributed by atoms with Crippen LogP contribution in [-0.4, -0.2) is 35.4 Å². The molecule has 0 aliphatic rings. The van der Waals surface area contributed by atoms with Gasteiger partial charge < -0.3 is 4.90 Å². The average Bonchev–Trinajstić information content (AvgIpc) is 2.56. The fraction of sp³-hybridized carbons (Fsp3) is 0.444. The van der Waals surface area contributed by atoms with Gasteiger partial charge in [-0.1, -0.05) is 15.9 Å². The van der Waals surface area contributed by atoms with Crippen molar-refractivity contribution in [3.05, 3.63) is 19.2 Å². The van der Waals surface area contributed by atoms with E-state index in [0.717, 1.165) is 16.2 Å². The third kappa shape index (κ3) is 4.82. The monoisotopic (exact) mass is 471 g/mol. The van der Waals surface area contributed by atoms with Gasteiger partial charge in [0.25, 0.3) is 5.91 Å². The molecular weight excluding hydrogens is 467 g/mol. The number of rotatable bonds is 4. The smallest absolute Gasteiger partial charge is 0.328 e. The SMILES string of the molecule is O=C(c1cc(Br)c(Br)s1)N(CCBr)CC(F)(F)F. The number of hydrogen-bond donors (Lipinski definition) is 0. The molecule has 2 nitrogen and oxygen atoms in total. The number of amides is 1. The van der Waals surface area contributed by atoms with Crippen molar-refractivity contribution in [2.45, 2.75) is 6.18 Å². The first kappa shape index (κ1) is 16.5. The van der Waals surface area contributed by atoms with Crippen molar-refractivity contribution < 1.29 is 18.0 Å². The maximum atomic E-state index is 12.4. The Kier molecular flexibility index (Phi) is 6.14. The molecule has 18 heavy (non-hydrogen) atoms. The number of halogens is 6. The van der Waals surface area contributed by atoms with Crippen molar-refractivity contribution in [3.63, 3.8) is 0 Å². The van der Waals surface area contributed by atoms with Gasteiger partial charge in [0.05, 0.1) is 8.66 Å². The Morgan fingerprint density at radius 3 is 2.39 bits per heavy atom. The molecule has 1 heterocycles. The molecule has 0 radical (unpaired) electrons. The highest BCUT2D eigenvalue weighted by molar-refractivity contribution is 9.13. The topological polar surface area (TPSA) is 20.3 Å². The van der Waals surface area contributed by atoms with E-state index in [9.17, 15) is 18.0 Å². The summed E-state index contributed by atoms with van der Waals surface area (Å²) in [6.45, 7) is -1.24. The summed E-state index contributed by atoms with van der Waals surface area (Å²) >= 11 is 10.5. The molecule has 1 rings (SSSR count). The minimum absolute atomic E-state index is 0.00544. The maximum Gasteiger partial charge on any atom is 0.406 e. The van der Waals surface area contributed by atoms with Crippen LogP contribution in [0.4, 0.5) is 13.2 Å². The van der Waals surface area contributed by atoms with Gasteiger partial charge in [-0.2, -0.15) is 13.2 Å². The molecule has 0 bridgehead atoms. The van der Waals surface area contributed by atoms with Crippen molar-refractivity contribution in [1.29, 1.82) is 0 Å². The maximum absolute atomic E-state index is 12.4. The van der Waals surface area contributed by atoms with Crippen LogP contribution in [0.3, 0.4) is 0 Å². The summed E-state index contributed by atoms with van der Waals surface area (Å²) in [6.07, 6.45) is -4.40. The molecule has 0 aliphatic carbocycles. The lowest BCUT2D eigenvalue weighted by molar-refractivity contribution is -0.140. The Balaban J connectivity index is 2.88. The van der Waals surface area contributed by atoms with E-state index in [0.29, 0.717) is 13.6 Å². The molecule has 0 saturated carbocycles. The Labute approximate surface area is 131 Å². The van der Waals surface area contributed by atoms with Crippen LogP contribution in [0.5, 0.6) is 0 Å². The van der Waals surface area contributed by atoms with Crippen molar-refractivity contribution >= 4 is 65.0 Å². The predicted octanol–water partition coefficient (Wildman–Crippen LogP) is 4.67. The van der Waals surface area contributed by atoms with Gasteiger partial charge >= 0.3 is 6.18 Å². The molecule has 1 amide bonds. The van der Waals surface area contributed by atoms with Gasteiger partial charge in [0.15, 0.2) is 0 Å². The van der Waals surface area contributed by atoms with Crippen LogP contribution in [-0.2, 0) is 0 Å². The first-order valence-corrected chi connectivity index (χ1v) is 8.14. The molecule has 102 valence electrons. The molecule has 0 N–H and O–H groups in total. The molecule has 0 unspecified atom stereocenters. The Hall–Kier alpha value is 0.400. The van der Waals surface area contributed by atoms with Gasteiger partial charge in [0.2, 0.25) is 0 Å². The molecule has 0 atom stereocenters. The van der Waals surface area contributed by atoms with Crippen LogP contribution in [0, 0.1) is 0 Å². The number of nitrogens with zero attached hydrogens (tertiary/aromatic N) is 1. The van der Waals surface area contributed by atoms with Gasteiger partial charge in [0, 0.05) is 16.3 Å². The average molecular weight is 474 g/mol. The summed E-state index contributed by atoms with van der Waals surface area (Å²) in [7, 11) is 0. The number of thiophene rings is 1. The molecule has 0 saturated heterocycles. The fourth-order valence-electron chi connectivity index (χ4n) is 1.18. The van der Waals surface area contributed by atoms with Crippen LogP contribution >= 0.6 is 59.1 Å². The molecule has 1 aromatic rings. The Morgan fingerprint density at radius 1 is 1.39 bits per heavy atom. The van der Waals surface area contributed by atoms with E-state index in [2.05, 4.69) is 47.8 Å². The van der Waals surface area contributed by atoms with E-state index >= 15 is 0 Å². The van der Waals surface area contributed by atoms with Gasteiger partial charge in [-0.05, 0) is 37.9 Å². The van der Waals surface area contributed by atoms with E-state index < -0.39 is 18.6 Å². The quantitative estimate of drug-likeness (QED) is 0.582. The number of carbonyl (C=O) groups excluding carboxylic acids is 1. The minimum atomic E-state index is -4.40. The first-order chi connectivity index (χ1) is 8.24.